The molecule has 3 nitrogen and oxygen atoms in total. The maximum atomic E-state index is 9.81. The summed E-state index contributed by atoms with van der Waals surface area (Å²) in [5, 5.41) is 15.9. The number of aromatic nitrogens is 2. The predicted octanol–water partition coefficient (Wildman–Crippen LogP) is 2.33. The minimum Gasteiger partial charge on any atom is -0.382 e. The Morgan fingerprint density at radius 1 is 1.54 bits per heavy atom. The number of aliphatic hydroxyl groups excluding tert-OH is 1. The molecule has 1 unspecified atom stereocenters. The summed E-state index contributed by atoms with van der Waals surface area (Å²) in [5.41, 5.74) is 0. The zero-order chi connectivity index (χ0) is 9.26. The maximum absolute atomic E-state index is 9.81. The highest BCUT2D eigenvalue weighted by atomic mass is 35.5. The molecule has 68 valence electrons. The average Bonchev–Trinajstić information content (AvgIpc) is 2.72. The van der Waals surface area contributed by atoms with Gasteiger partial charge in [-0.15, -0.1) is 16.4 Å². The van der Waals surface area contributed by atoms with Crippen LogP contribution in [0.25, 0.3) is 0 Å². The van der Waals surface area contributed by atoms with Crippen LogP contribution in [0.15, 0.2) is 17.6 Å². The summed E-state index contributed by atoms with van der Waals surface area (Å²) in [6, 6.07) is 1.76. The third-order valence-electron chi connectivity index (χ3n) is 1.54. The largest absolute Gasteiger partial charge is 0.382 e. The van der Waals surface area contributed by atoms with Crippen LogP contribution in [0.4, 0.5) is 0 Å². The van der Waals surface area contributed by atoms with E-state index in [9.17, 15) is 5.11 Å². The standard InChI is InChI=1S/C7H5ClN2OS2/c8-4-1-2-12-7(4)6(11)5-3-9-10-13-5/h1-3,6,11H. The number of aliphatic hydroxyl groups is 1. The summed E-state index contributed by atoms with van der Waals surface area (Å²) in [6.07, 6.45) is 0.860. The van der Waals surface area contributed by atoms with Gasteiger partial charge in [0, 0.05) is 0 Å². The molecule has 0 aliphatic heterocycles. The second-order valence-corrected chi connectivity index (χ2v) is 4.53. The van der Waals surface area contributed by atoms with Crippen LogP contribution >= 0.6 is 34.5 Å². The topological polar surface area (TPSA) is 46.0 Å². The van der Waals surface area contributed by atoms with Crippen LogP contribution in [0.2, 0.25) is 5.02 Å². The molecule has 0 saturated carbocycles. The van der Waals surface area contributed by atoms with Gasteiger partial charge in [-0.1, -0.05) is 16.1 Å². The minimum absolute atomic E-state index is 0.589. The molecule has 0 radical (unpaired) electrons. The van der Waals surface area contributed by atoms with Crippen LogP contribution in [-0.2, 0) is 0 Å². The zero-order valence-electron chi connectivity index (χ0n) is 6.35. The van der Waals surface area contributed by atoms with Crippen molar-refractivity contribution < 1.29 is 5.11 Å². The van der Waals surface area contributed by atoms with Gasteiger partial charge in [-0.05, 0) is 23.0 Å². The highest BCUT2D eigenvalue weighted by Crippen LogP contribution is 2.33. The lowest BCUT2D eigenvalue weighted by atomic mass is 10.2. The van der Waals surface area contributed by atoms with E-state index in [4.69, 9.17) is 11.6 Å². The van der Waals surface area contributed by atoms with Crippen molar-refractivity contribution in [2.75, 3.05) is 0 Å². The molecular weight excluding hydrogens is 228 g/mol. The molecule has 0 amide bonds. The number of halogens is 1. The van der Waals surface area contributed by atoms with Gasteiger partial charge in [0.1, 0.15) is 6.10 Å². The van der Waals surface area contributed by atoms with Crippen LogP contribution < -0.4 is 0 Å². The fraction of sp³-hybridized carbons (Fsp3) is 0.143. The summed E-state index contributed by atoms with van der Waals surface area (Å²) in [5.74, 6) is 0. The fourth-order valence-electron chi connectivity index (χ4n) is 0.925. The summed E-state index contributed by atoms with van der Waals surface area (Å²) in [4.78, 5) is 1.46. The van der Waals surface area contributed by atoms with Gasteiger partial charge in [-0.25, -0.2) is 0 Å². The SMILES string of the molecule is OC(c1cnns1)c1sccc1Cl. The zero-order valence-corrected chi connectivity index (χ0v) is 8.73. The first-order chi connectivity index (χ1) is 6.29. The van der Waals surface area contributed by atoms with Crippen molar-refractivity contribution in [3.05, 3.63) is 32.4 Å². The van der Waals surface area contributed by atoms with E-state index in [-0.39, 0.29) is 0 Å². The van der Waals surface area contributed by atoms with Gasteiger partial charge in [0.05, 0.1) is 21.0 Å². The van der Waals surface area contributed by atoms with E-state index in [1.54, 1.807) is 12.3 Å². The lowest BCUT2D eigenvalue weighted by molar-refractivity contribution is 0.228. The second kappa shape index (κ2) is 3.71. The maximum Gasteiger partial charge on any atom is 0.127 e. The lowest BCUT2D eigenvalue weighted by Crippen LogP contribution is -1.93. The molecule has 2 aromatic rings. The van der Waals surface area contributed by atoms with E-state index in [0.717, 1.165) is 4.88 Å². The molecular formula is C7H5ClN2OS2. The van der Waals surface area contributed by atoms with Crippen LogP contribution in [-0.4, -0.2) is 14.7 Å². The van der Waals surface area contributed by atoms with Crippen molar-refractivity contribution in [2.45, 2.75) is 6.10 Å². The van der Waals surface area contributed by atoms with Gasteiger partial charge in [0.2, 0.25) is 0 Å². The Balaban J connectivity index is 2.33. The Kier molecular flexibility index (Phi) is 2.59. The molecule has 0 aromatic carbocycles. The van der Waals surface area contributed by atoms with Crippen LogP contribution in [0, 0.1) is 0 Å². The number of nitrogens with zero attached hydrogens (tertiary/aromatic N) is 2. The summed E-state index contributed by atoms with van der Waals surface area (Å²) in [7, 11) is 0. The number of hydrogen-bond acceptors (Lipinski definition) is 5. The van der Waals surface area contributed by atoms with Crippen LogP contribution in [0.5, 0.6) is 0 Å². The molecule has 2 aromatic heterocycles. The molecule has 2 heterocycles. The van der Waals surface area contributed by atoms with E-state index in [1.165, 1.54) is 22.9 Å². The van der Waals surface area contributed by atoms with E-state index in [2.05, 4.69) is 9.59 Å². The molecule has 0 spiro atoms. The normalized spacial score (nSPS) is 13.1. The van der Waals surface area contributed by atoms with Gasteiger partial charge >= 0.3 is 0 Å². The Bertz CT molecular complexity index is 387. The first-order valence-corrected chi connectivity index (χ1v) is 5.50. The Morgan fingerprint density at radius 3 is 2.92 bits per heavy atom. The van der Waals surface area contributed by atoms with Crippen LogP contribution in [0.3, 0.4) is 0 Å². The van der Waals surface area contributed by atoms with Crippen molar-refractivity contribution in [3.63, 3.8) is 0 Å². The summed E-state index contributed by atoms with van der Waals surface area (Å²) in [6.45, 7) is 0. The van der Waals surface area contributed by atoms with Crippen molar-refractivity contribution in [1.29, 1.82) is 0 Å². The molecule has 0 aliphatic carbocycles. The molecule has 0 saturated heterocycles. The van der Waals surface area contributed by atoms with Gasteiger partial charge in [-0.3, -0.25) is 0 Å². The summed E-state index contributed by atoms with van der Waals surface area (Å²) < 4.78 is 3.68. The molecule has 1 atom stereocenters. The molecule has 0 fully saturated rings. The second-order valence-electron chi connectivity index (χ2n) is 2.36. The molecule has 0 aliphatic rings. The minimum atomic E-state index is -0.688. The molecule has 1 N–H and O–H groups in total. The van der Waals surface area contributed by atoms with Crippen molar-refractivity contribution in [3.8, 4) is 0 Å². The summed E-state index contributed by atoms with van der Waals surface area (Å²) >= 11 is 8.47. The van der Waals surface area contributed by atoms with Gasteiger partial charge < -0.3 is 5.11 Å². The number of thiophene rings is 1. The van der Waals surface area contributed by atoms with E-state index >= 15 is 0 Å². The smallest absolute Gasteiger partial charge is 0.127 e. The molecule has 0 bridgehead atoms. The molecule has 13 heavy (non-hydrogen) atoms. The van der Waals surface area contributed by atoms with Crippen LogP contribution in [0.1, 0.15) is 15.9 Å². The quantitative estimate of drug-likeness (QED) is 0.865. The van der Waals surface area contributed by atoms with Gasteiger partial charge in [0.25, 0.3) is 0 Å². The van der Waals surface area contributed by atoms with E-state index in [1.807, 2.05) is 5.38 Å². The van der Waals surface area contributed by atoms with Gasteiger partial charge in [-0.2, -0.15) is 0 Å². The lowest BCUT2D eigenvalue weighted by Gasteiger charge is -2.04. The van der Waals surface area contributed by atoms with Crippen molar-refractivity contribution in [2.24, 2.45) is 0 Å². The Hall–Kier alpha value is -0.490. The third-order valence-corrected chi connectivity index (χ3v) is 3.67. The predicted molar refractivity (Wildman–Crippen MR) is 53.3 cm³/mol. The monoisotopic (exact) mass is 232 g/mol. The first-order valence-electron chi connectivity index (χ1n) is 3.47. The first kappa shape index (κ1) is 9.08. The van der Waals surface area contributed by atoms with Gasteiger partial charge in [0.15, 0.2) is 0 Å². The molecule has 6 heteroatoms. The third kappa shape index (κ3) is 1.73. The fourth-order valence-corrected chi connectivity index (χ4v) is 2.66. The Labute approximate surface area is 87.8 Å². The number of hydrogen-bond donors (Lipinski definition) is 1. The van der Waals surface area contributed by atoms with E-state index < -0.39 is 6.10 Å². The Morgan fingerprint density at radius 2 is 2.38 bits per heavy atom. The average molecular weight is 233 g/mol. The number of rotatable bonds is 2. The van der Waals surface area contributed by atoms with E-state index in [0.29, 0.717) is 9.90 Å². The van der Waals surface area contributed by atoms with Crippen molar-refractivity contribution in [1.82, 2.24) is 9.59 Å². The molecule has 2 rings (SSSR count). The highest BCUT2D eigenvalue weighted by Gasteiger charge is 2.16. The highest BCUT2D eigenvalue weighted by molar-refractivity contribution is 7.11. The van der Waals surface area contributed by atoms with Crippen molar-refractivity contribution >= 4 is 34.5 Å².